The Hall–Kier alpha value is -3.22. The van der Waals surface area contributed by atoms with Gasteiger partial charge >= 0.3 is 0 Å². The fourth-order valence-electron chi connectivity index (χ4n) is 3.67. The van der Waals surface area contributed by atoms with E-state index in [1.54, 1.807) is 4.90 Å². The normalized spacial score (nSPS) is 15.1. The highest BCUT2D eigenvalue weighted by Crippen LogP contribution is 2.26. The zero-order valence-electron chi connectivity index (χ0n) is 15.5. The van der Waals surface area contributed by atoms with E-state index in [1.807, 2.05) is 42.5 Å². The first-order chi connectivity index (χ1) is 13.6. The quantitative estimate of drug-likeness (QED) is 0.735. The van der Waals surface area contributed by atoms with E-state index in [1.165, 1.54) is 0 Å². The molecule has 28 heavy (non-hydrogen) atoms. The summed E-state index contributed by atoms with van der Waals surface area (Å²) in [5.74, 6) is 0.611. The molecule has 144 valence electrons. The van der Waals surface area contributed by atoms with Crippen LogP contribution >= 0.6 is 0 Å². The van der Waals surface area contributed by atoms with Gasteiger partial charge in [-0.2, -0.15) is 4.98 Å². The number of carbonyl (C=O) groups is 2. The van der Waals surface area contributed by atoms with Gasteiger partial charge < -0.3 is 15.2 Å². The Labute approximate surface area is 162 Å². The molecule has 0 spiro atoms. The van der Waals surface area contributed by atoms with E-state index in [0.29, 0.717) is 50.5 Å². The molecule has 0 atom stereocenters. The number of nitrogens with zero attached hydrogens (tertiary/aromatic N) is 3. The molecule has 2 aromatic carbocycles. The molecule has 3 aromatic rings. The first-order valence-corrected chi connectivity index (χ1v) is 9.49. The van der Waals surface area contributed by atoms with Gasteiger partial charge in [0.1, 0.15) is 0 Å². The number of hydrogen-bond acceptors (Lipinski definition) is 5. The second kappa shape index (κ2) is 7.80. The maximum absolute atomic E-state index is 12.4. The van der Waals surface area contributed by atoms with Crippen LogP contribution in [0.25, 0.3) is 22.2 Å². The minimum atomic E-state index is -0.279. The second-order valence-electron chi connectivity index (χ2n) is 7.10. The topological polar surface area (TPSA) is 102 Å². The SMILES string of the molecule is NC(=O)C1CCN(C(=O)CCc2nc(-c3cccc4ccccc34)no2)CC1. The van der Waals surface area contributed by atoms with Gasteiger partial charge in [-0.25, -0.2) is 0 Å². The third-order valence-electron chi connectivity index (χ3n) is 5.30. The first kappa shape index (κ1) is 18.2. The standard InChI is InChI=1S/C21H22N4O3/c22-20(27)15-10-12-25(13-11-15)19(26)9-8-18-23-21(24-28-18)17-7-3-5-14-4-1-2-6-16(14)17/h1-7,15H,8-13H2,(H2,22,27). The number of amides is 2. The van der Waals surface area contributed by atoms with Crippen molar-refractivity contribution in [1.29, 1.82) is 0 Å². The highest BCUT2D eigenvalue weighted by atomic mass is 16.5. The van der Waals surface area contributed by atoms with Crippen LogP contribution in [0.1, 0.15) is 25.2 Å². The van der Waals surface area contributed by atoms with E-state index in [9.17, 15) is 9.59 Å². The highest BCUT2D eigenvalue weighted by molar-refractivity contribution is 5.94. The Kier molecular flexibility index (Phi) is 5.06. The van der Waals surface area contributed by atoms with E-state index in [2.05, 4.69) is 10.1 Å². The van der Waals surface area contributed by atoms with Crippen molar-refractivity contribution in [3.8, 4) is 11.4 Å². The van der Waals surface area contributed by atoms with Crippen molar-refractivity contribution in [3.05, 3.63) is 48.4 Å². The molecule has 1 saturated heterocycles. The number of nitrogens with two attached hydrogens (primary N) is 1. The number of rotatable bonds is 5. The van der Waals surface area contributed by atoms with Crippen LogP contribution in [0.2, 0.25) is 0 Å². The summed E-state index contributed by atoms with van der Waals surface area (Å²) in [4.78, 5) is 29.9. The van der Waals surface area contributed by atoms with Gasteiger partial charge in [-0.15, -0.1) is 0 Å². The van der Waals surface area contributed by atoms with Crippen LogP contribution in [-0.2, 0) is 16.0 Å². The fourth-order valence-corrected chi connectivity index (χ4v) is 3.67. The highest BCUT2D eigenvalue weighted by Gasteiger charge is 2.26. The van der Waals surface area contributed by atoms with E-state index in [-0.39, 0.29) is 17.7 Å². The zero-order chi connectivity index (χ0) is 19.5. The van der Waals surface area contributed by atoms with E-state index >= 15 is 0 Å². The molecule has 1 aliphatic rings. The molecule has 7 heteroatoms. The van der Waals surface area contributed by atoms with Crippen LogP contribution in [0.4, 0.5) is 0 Å². The van der Waals surface area contributed by atoms with Gasteiger partial charge in [0.15, 0.2) is 0 Å². The van der Waals surface area contributed by atoms with Crippen LogP contribution in [0.5, 0.6) is 0 Å². The monoisotopic (exact) mass is 378 g/mol. The third kappa shape index (κ3) is 3.74. The van der Waals surface area contributed by atoms with Crippen molar-refractivity contribution >= 4 is 22.6 Å². The number of hydrogen-bond donors (Lipinski definition) is 1. The molecule has 1 aliphatic heterocycles. The number of primary amides is 1. The minimum absolute atomic E-state index is 0.0350. The molecule has 2 amide bonds. The molecule has 0 aliphatic carbocycles. The molecule has 0 radical (unpaired) electrons. The smallest absolute Gasteiger partial charge is 0.227 e. The van der Waals surface area contributed by atoms with Crippen LogP contribution < -0.4 is 5.73 Å². The Morgan fingerprint density at radius 3 is 2.64 bits per heavy atom. The number of aryl methyl sites for hydroxylation is 1. The lowest BCUT2D eigenvalue weighted by Gasteiger charge is -2.30. The molecule has 0 saturated carbocycles. The van der Waals surface area contributed by atoms with E-state index < -0.39 is 0 Å². The molecular weight excluding hydrogens is 356 g/mol. The largest absolute Gasteiger partial charge is 0.369 e. The summed E-state index contributed by atoms with van der Waals surface area (Å²) in [5.41, 5.74) is 6.25. The summed E-state index contributed by atoms with van der Waals surface area (Å²) >= 11 is 0. The van der Waals surface area contributed by atoms with Crippen LogP contribution in [0, 0.1) is 5.92 Å². The zero-order valence-corrected chi connectivity index (χ0v) is 15.5. The average molecular weight is 378 g/mol. The number of aromatic nitrogens is 2. The lowest BCUT2D eigenvalue weighted by Crippen LogP contribution is -2.41. The summed E-state index contributed by atoms with van der Waals surface area (Å²) < 4.78 is 5.36. The molecule has 4 rings (SSSR count). The molecule has 0 unspecified atom stereocenters. The van der Waals surface area contributed by atoms with Crippen molar-refractivity contribution < 1.29 is 14.1 Å². The van der Waals surface area contributed by atoms with Crippen molar-refractivity contribution in [3.63, 3.8) is 0 Å². The van der Waals surface area contributed by atoms with E-state index in [4.69, 9.17) is 10.3 Å². The molecule has 1 fully saturated rings. The van der Waals surface area contributed by atoms with Gasteiger partial charge in [-0.3, -0.25) is 9.59 Å². The summed E-state index contributed by atoms with van der Waals surface area (Å²) in [7, 11) is 0. The third-order valence-corrected chi connectivity index (χ3v) is 5.30. The lowest BCUT2D eigenvalue weighted by molar-refractivity contribution is -0.134. The number of carbonyl (C=O) groups excluding carboxylic acids is 2. The van der Waals surface area contributed by atoms with Crippen LogP contribution in [0.3, 0.4) is 0 Å². The number of fused-ring (bicyclic) bond motifs is 1. The average Bonchev–Trinajstić information content (AvgIpc) is 3.20. The summed E-state index contributed by atoms with van der Waals surface area (Å²) in [6.07, 6.45) is 1.96. The van der Waals surface area contributed by atoms with E-state index in [0.717, 1.165) is 16.3 Å². The second-order valence-corrected chi connectivity index (χ2v) is 7.10. The van der Waals surface area contributed by atoms with Crippen molar-refractivity contribution in [2.75, 3.05) is 13.1 Å². The predicted molar refractivity (Wildman–Crippen MR) is 104 cm³/mol. The Bertz CT molecular complexity index is 1000. The van der Waals surface area contributed by atoms with Crippen molar-refractivity contribution in [1.82, 2.24) is 15.0 Å². The maximum Gasteiger partial charge on any atom is 0.227 e. The molecular formula is C21H22N4O3. The van der Waals surface area contributed by atoms with Crippen LogP contribution in [-0.4, -0.2) is 39.9 Å². The molecule has 2 heterocycles. The first-order valence-electron chi connectivity index (χ1n) is 9.49. The fraction of sp³-hybridized carbons (Fsp3) is 0.333. The summed E-state index contributed by atoms with van der Waals surface area (Å²) in [6, 6.07) is 14.0. The van der Waals surface area contributed by atoms with Gasteiger partial charge in [0.2, 0.25) is 23.5 Å². The molecule has 2 N–H and O–H groups in total. The number of likely N-dealkylation sites (tertiary alicyclic amines) is 1. The van der Waals surface area contributed by atoms with Gasteiger partial charge in [0.05, 0.1) is 0 Å². The van der Waals surface area contributed by atoms with Crippen LogP contribution in [0.15, 0.2) is 47.0 Å². The molecule has 0 bridgehead atoms. The predicted octanol–water partition coefficient (Wildman–Crippen LogP) is 2.55. The van der Waals surface area contributed by atoms with Crippen molar-refractivity contribution in [2.24, 2.45) is 11.7 Å². The Morgan fingerprint density at radius 1 is 1.11 bits per heavy atom. The van der Waals surface area contributed by atoms with Gasteiger partial charge in [0, 0.05) is 37.4 Å². The van der Waals surface area contributed by atoms with Gasteiger partial charge in [0.25, 0.3) is 0 Å². The van der Waals surface area contributed by atoms with Gasteiger partial charge in [-0.1, -0.05) is 47.6 Å². The molecule has 7 nitrogen and oxygen atoms in total. The number of benzene rings is 2. The summed E-state index contributed by atoms with van der Waals surface area (Å²) in [5, 5.41) is 6.27. The molecule has 1 aromatic heterocycles. The maximum atomic E-state index is 12.4. The minimum Gasteiger partial charge on any atom is -0.369 e. The van der Waals surface area contributed by atoms with Gasteiger partial charge in [-0.05, 0) is 23.6 Å². The Morgan fingerprint density at radius 2 is 1.86 bits per heavy atom. The lowest BCUT2D eigenvalue weighted by atomic mass is 9.96. The number of piperidine rings is 1. The summed E-state index contributed by atoms with van der Waals surface area (Å²) in [6.45, 7) is 1.13. The Balaban J connectivity index is 1.39. The van der Waals surface area contributed by atoms with Crippen molar-refractivity contribution in [2.45, 2.75) is 25.7 Å².